The van der Waals surface area contributed by atoms with Gasteiger partial charge in [0.2, 0.25) is 5.91 Å². The number of aliphatic imine (C=N–C) groups is 1. The van der Waals surface area contributed by atoms with Crippen molar-refractivity contribution in [3.8, 4) is 0 Å². The normalized spacial score (nSPS) is 13.1. The van der Waals surface area contributed by atoms with Gasteiger partial charge in [-0.15, -0.1) is 24.0 Å². The molecule has 0 fully saturated rings. The number of aliphatic hydroxyl groups is 1. The molecule has 2 aromatic rings. The number of rotatable bonds is 7. The van der Waals surface area contributed by atoms with Gasteiger partial charge < -0.3 is 21.1 Å². The van der Waals surface area contributed by atoms with Crippen molar-refractivity contribution in [2.75, 3.05) is 25.0 Å². The summed E-state index contributed by atoms with van der Waals surface area (Å²) in [5.41, 5.74) is 0.192. The molecule has 8 heteroatoms. The molecule has 0 aromatic heterocycles. The van der Waals surface area contributed by atoms with Gasteiger partial charge in [-0.2, -0.15) is 0 Å². The zero-order chi connectivity index (χ0) is 19.7. The van der Waals surface area contributed by atoms with E-state index in [1.165, 1.54) is 24.3 Å². The van der Waals surface area contributed by atoms with Crippen molar-refractivity contribution in [1.82, 2.24) is 10.6 Å². The van der Waals surface area contributed by atoms with Crippen LogP contribution in [0.3, 0.4) is 0 Å². The van der Waals surface area contributed by atoms with Gasteiger partial charge in [0.15, 0.2) is 5.96 Å². The van der Waals surface area contributed by atoms with Gasteiger partial charge in [-0.05, 0) is 43.7 Å². The second-order valence-electron chi connectivity index (χ2n) is 6.24. The van der Waals surface area contributed by atoms with Crippen LogP contribution in [0.25, 0.3) is 0 Å². The number of hydrogen-bond acceptors (Lipinski definition) is 3. The minimum atomic E-state index is -1.09. The molecular weight excluding hydrogens is 474 g/mol. The maximum atomic E-state index is 12.9. The highest BCUT2D eigenvalue weighted by Gasteiger charge is 2.23. The number of halogens is 2. The molecule has 0 bridgehead atoms. The molecule has 0 spiro atoms. The minimum absolute atomic E-state index is 0. The Morgan fingerprint density at radius 3 is 2.36 bits per heavy atom. The molecule has 1 atom stereocenters. The van der Waals surface area contributed by atoms with Crippen LogP contribution in [0.15, 0.2) is 59.6 Å². The minimum Gasteiger partial charge on any atom is -0.384 e. The number of carbonyl (C=O) groups is 1. The Labute approximate surface area is 181 Å². The van der Waals surface area contributed by atoms with E-state index in [-0.39, 0.29) is 48.8 Å². The topological polar surface area (TPSA) is 85.8 Å². The quantitative estimate of drug-likeness (QED) is 0.268. The Bertz CT molecular complexity index is 768. The number of anilines is 1. The lowest BCUT2D eigenvalue weighted by molar-refractivity contribution is -0.114. The average Bonchev–Trinajstić information content (AvgIpc) is 2.66. The molecule has 6 nitrogen and oxygen atoms in total. The smallest absolute Gasteiger partial charge is 0.246 e. The summed E-state index contributed by atoms with van der Waals surface area (Å²) < 4.78 is 12.9. The van der Waals surface area contributed by atoms with E-state index in [1.54, 1.807) is 6.92 Å². The summed E-state index contributed by atoms with van der Waals surface area (Å²) in [5, 5.41) is 19.4. The zero-order valence-electron chi connectivity index (χ0n) is 15.9. The predicted molar refractivity (Wildman–Crippen MR) is 120 cm³/mol. The second kappa shape index (κ2) is 11.6. The molecule has 0 aliphatic carbocycles. The first kappa shape index (κ1) is 23.8. The molecule has 28 heavy (non-hydrogen) atoms. The lowest BCUT2D eigenvalue weighted by Gasteiger charge is -2.25. The van der Waals surface area contributed by atoms with Crippen LogP contribution in [0.1, 0.15) is 19.4 Å². The Hall–Kier alpha value is -2.20. The molecule has 0 radical (unpaired) electrons. The highest BCUT2D eigenvalue weighted by Crippen LogP contribution is 2.18. The summed E-state index contributed by atoms with van der Waals surface area (Å²) >= 11 is 0. The van der Waals surface area contributed by atoms with Crippen molar-refractivity contribution < 1.29 is 14.3 Å². The number of hydrogen-bond donors (Lipinski definition) is 4. The molecule has 2 aromatic carbocycles. The van der Waals surface area contributed by atoms with Gasteiger partial charge in [-0.1, -0.05) is 30.3 Å². The lowest BCUT2D eigenvalue weighted by Crippen LogP contribution is -2.44. The number of nitrogens with zero attached hydrogens (tertiary/aromatic N) is 1. The van der Waals surface area contributed by atoms with E-state index in [4.69, 9.17) is 0 Å². The van der Waals surface area contributed by atoms with Crippen LogP contribution < -0.4 is 16.0 Å². The van der Waals surface area contributed by atoms with Crippen molar-refractivity contribution in [3.63, 3.8) is 0 Å². The lowest BCUT2D eigenvalue weighted by atomic mass is 9.96. The van der Waals surface area contributed by atoms with Crippen LogP contribution in [0.4, 0.5) is 10.1 Å². The third kappa shape index (κ3) is 7.81. The molecule has 0 saturated heterocycles. The van der Waals surface area contributed by atoms with E-state index in [2.05, 4.69) is 20.9 Å². The fourth-order valence-corrected chi connectivity index (χ4v) is 2.38. The first-order valence-electron chi connectivity index (χ1n) is 8.76. The SMILES string of the molecule is CCNC(=NCC(=O)Nc1ccc(F)cc1)NCC(C)(O)c1ccccc1.I. The van der Waals surface area contributed by atoms with Crippen molar-refractivity contribution in [3.05, 3.63) is 66.0 Å². The fourth-order valence-electron chi connectivity index (χ4n) is 2.38. The van der Waals surface area contributed by atoms with Crippen LogP contribution in [0.5, 0.6) is 0 Å². The van der Waals surface area contributed by atoms with E-state index in [0.717, 1.165) is 5.56 Å². The number of carbonyl (C=O) groups excluding carboxylic acids is 1. The largest absolute Gasteiger partial charge is 0.384 e. The third-order valence-corrected chi connectivity index (χ3v) is 3.85. The number of nitrogens with one attached hydrogen (secondary N) is 3. The molecule has 1 amide bonds. The van der Waals surface area contributed by atoms with Crippen LogP contribution in [-0.4, -0.2) is 36.6 Å². The average molecular weight is 500 g/mol. The van der Waals surface area contributed by atoms with Crippen molar-refractivity contribution >= 4 is 41.5 Å². The Balaban J connectivity index is 0.00000392. The third-order valence-electron chi connectivity index (χ3n) is 3.85. The van der Waals surface area contributed by atoms with Gasteiger partial charge >= 0.3 is 0 Å². The zero-order valence-corrected chi connectivity index (χ0v) is 18.2. The Kier molecular flexibility index (Phi) is 9.88. The van der Waals surface area contributed by atoms with Gasteiger partial charge in [0.05, 0.1) is 6.54 Å². The molecule has 1 unspecified atom stereocenters. The van der Waals surface area contributed by atoms with Gasteiger partial charge in [0.1, 0.15) is 18.0 Å². The summed E-state index contributed by atoms with van der Waals surface area (Å²) in [6.45, 7) is 4.34. The summed E-state index contributed by atoms with van der Waals surface area (Å²) in [5.74, 6) is -0.272. The highest BCUT2D eigenvalue weighted by molar-refractivity contribution is 14.0. The van der Waals surface area contributed by atoms with E-state index in [0.29, 0.717) is 18.2 Å². The van der Waals surface area contributed by atoms with E-state index in [9.17, 15) is 14.3 Å². The predicted octanol–water partition coefficient (Wildman–Crippen LogP) is 2.85. The van der Waals surface area contributed by atoms with Gasteiger partial charge in [0.25, 0.3) is 0 Å². The summed E-state index contributed by atoms with van der Waals surface area (Å²) in [6, 6.07) is 14.8. The fraction of sp³-hybridized carbons (Fsp3) is 0.300. The molecule has 0 aliphatic heterocycles. The Morgan fingerprint density at radius 2 is 1.75 bits per heavy atom. The Morgan fingerprint density at radius 1 is 1.11 bits per heavy atom. The monoisotopic (exact) mass is 500 g/mol. The standard InChI is InChI=1S/C20H25FN4O2.HI/c1-3-22-19(24-14-20(2,27)15-7-5-4-6-8-15)23-13-18(26)25-17-11-9-16(21)10-12-17;/h4-12,27H,3,13-14H2,1-2H3,(H,25,26)(H2,22,23,24);1H. The molecule has 0 aliphatic rings. The van der Waals surface area contributed by atoms with Crippen LogP contribution in [0, 0.1) is 5.82 Å². The van der Waals surface area contributed by atoms with Crippen LogP contribution in [-0.2, 0) is 10.4 Å². The first-order chi connectivity index (χ1) is 12.9. The highest BCUT2D eigenvalue weighted by atomic mass is 127. The maximum Gasteiger partial charge on any atom is 0.246 e. The first-order valence-corrected chi connectivity index (χ1v) is 8.76. The summed E-state index contributed by atoms with van der Waals surface area (Å²) in [4.78, 5) is 16.2. The van der Waals surface area contributed by atoms with Crippen LogP contribution >= 0.6 is 24.0 Å². The number of guanidine groups is 1. The maximum absolute atomic E-state index is 12.9. The summed E-state index contributed by atoms with van der Waals surface area (Å²) in [6.07, 6.45) is 0. The van der Waals surface area contributed by atoms with Crippen molar-refractivity contribution in [1.29, 1.82) is 0 Å². The van der Waals surface area contributed by atoms with E-state index >= 15 is 0 Å². The number of amides is 1. The van der Waals surface area contributed by atoms with Crippen molar-refractivity contribution in [2.24, 2.45) is 4.99 Å². The molecule has 2 rings (SSSR count). The van der Waals surface area contributed by atoms with Crippen LogP contribution in [0.2, 0.25) is 0 Å². The van der Waals surface area contributed by atoms with E-state index < -0.39 is 5.60 Å². The second-order valence-corrected chi connectivity index (χ2v) is 6.24. The molecule has 0 heterocycles. The molecule has 152 valence electrons. The van der Waals surface area contributed by atoms with Gasteiger partial charge in [-0.3, -0.25) is 4.79 Å². The molecule has 0 saturated carbocycles. The number of benzene rings is 2. The van der Waals surface area contributed by atoms with Gasteiger partial charge in [-0.25, -0.2) is 9.38 Å². The molecule has 4 N–H and O–H groups in total. The van der Waals surface area contributed by atoms with Gasteiger partial charge in [0, 0.05) is 12.2 Å². The molecular formula is C20H26FIN4O2. The van der Waals surface area contributed by atoms with Crippen molar-refractivity contribution in [2.45, 2.75) is 19.4 Å². The van der Waals surface area contributed by atoms with E-state index in [1.807, 2.05) is 37.3 Å². The summed E-state index contributed by atoms with van der Waals surface area (Å²) in [7, 11) is 0.